The van der Waals surface area contributed by atoms with Crippen LogP contribution in [-0.4, -0.2) is 22.2 Å². The van der Waals surface area contributed by atoms with Crippen LogP contribution in [0.2, 0.25) is 0 Å². The van der Waals surface area contributed by atoms with Crippen LogP contribution in [0.15, 0.2) is 0 Å². The molecular formula is C8H18N2S2. The number of rotatable bonds is 5. The van der Waals surface area contributed by atoms with E-state index < -0.39 is 0 Å². The van der Waals surface area contributed by atoms with Crippen molar-refractivity contribution in [3.05, 3.63) is 0 Å². The van der Waals surface area contributed by atoms with Gasteiger partial charge in [-0.3, -0.25) is 0 Å². The first-order valence-corrected chi connectivity index (χ1v) is 5.43. The fourth-order valence-electron chi connectivity index (χ4n) is 0.806. The molecule has 0 heterocycles. The highest BCUT2D eigenvalue weighted by Gasteiger charge is 2.03. The van der Waals surface area contributed by atoms with Crippen LogP contribution in [0.3, 0.4) is 0 Å². The molecule has 0 spiro atoms. The van der Waals surface area contributed by atoms with Crippen molar-refractivity contribution in [2.45, 2.75) is 26.7 Å². The minimum atomic E-state index is 0.502. The molecule has 1 atom stereocenters. The second-order valence-corrected chi connectivity index (χ2v) is 5.01. The Bertz CT molecular complexity index is 139. The van der Waals surface area contributed by atoms with E-state index in [0.717, 1.165) is 12.5 Å². The number of thiocarbonyl (C=S) groups is 1. The van der Waals surface area contributed by atoms with Gasteiger partial charge in [0.05, 0.1) is 0 Å². The highest BCUT2D eigenvalue weighted by atomic mass is 32.2. The van der Waals surface area contributed by atoms with Crippen LogP contribution in [0.5, 0.6) is 0 Å². The van der Waals surface area contributed by atoms with Gasteiger partial charge in [-0.05, 0) is 31.3 Å². The third kappa shape index (κ3) is 6.88. The maximum absolute atomic E-state index is 5.38. The average molecular weight is 206 g/mol. The van der Waals surface area contributed by atoms with Gasteiger partial charge in [0, 0.05) is 6.54 Å². The first kappa shape index (κ1) is 12.2. The van der Waals surface area contributed by atoms with Gasteiger partial charge < -0.3 is 5.73 Å². The summed E-state index contributed by atoms with van der Waals surface area (Å²) in [6.07, 6.45) is 2.45. The van der Waals surface area contributed by atoms with E-state index in [-0.39, 0.29) is 0 Å². The highest BCUT2D eigenvalue weighted by Crippen LogP contribution is 2.12. The zero-order valence-corrected chi connectivity index (χ0v) is 9.67. The van der Waals surface area contributed by atoms with Crippen molar-refractivity contribution < 1.29 is 0 Å². The van der Waals surface area contributed by atoms with Crippen molar-refractivity contribution in [1.29, 1.82) is 0 Å². The summed E-state index contributed by atoms with van der Waals surface area (Å²) in [4.78, 5) is 0. The van der Waals surface area contributed by atoms with Crippen LogP contribution < -0.4 is 5.73 Å². The predicted octanol–water partition coefficient (Wildman–Crippen LogP) is 2.25. The molecule has 0 bridgehead atoms. The Morgan fingerprint density at radius 3 is 2.67 bits per heavy atom. The van der Waals surface area contributed by atoms with Crippen molar-refractivity contribution >= 4 is 28.5 Å². The summed E-state index contributed by atoms with van der Waals surface area (Å²) in [5, 5.41) is 0. The Morgan fingerprint density at radius 1 is 1.67 bits per heavy atom. The van der Waals surface area contributed by atoms with Crippen LogP contribution in [0.1, 0.15) is 26.7 Å². The smallest absolute Gasteiger partial charge is 0.146 e. The van der Waals surface area contributed by atoms with Gasteiger partial charge in [0.15, 0.2) is 0 Å². The number of nitrogens with zero attached hydrogens (tertiary/aromatic N) is 1. The molecule has 0 amide bonds. The molecule has 72 valence electrons. The van der Waals surface area contributed by atoms with E-state index in [1.54, 1.807) is 0 Å². The van der Waals surface area contributed by atoms with E-state index in [1.165, 1.54) is 24.8 Å². The molecule has 0 aromatic carbocycles. The summed E-state index contributed by atoms with van der Waals surface area (Å²) < 4.78 is 2.59. The maximum atomic E-state index is 5.38. The lowest BCUT2D eigenvalue weighted by molar-refractivity contribution is 0.442. The van der Waals surface area contributed by atoms with E-state index in [2.05, 4.69) is 18.2 Å². The van der Waals surface area contributed by atoms with Gasteiger partial charge in [-0.2, -0.15) is 0 Å². The monoisotopic (exact) mass is 206 g/mol. The summed E-state index contributed by atoms with van der Waals surface area (Å²) in [5.74, 6) is 0.791. The average Bonchev–Trinajstić information content (AvgIpc) is 1.99. The van der Waals surface area contributed by atoms with E-state index in [0.29, 0.717) is 4.32 Å². The standard InChI is InChI=1S/C8H18N2S2/c1-4-7(2)5-6-10(3)12-8(9)11/h7H,4-6H2,1-3H3,(H2,9,11). The normalized spacial score (nSPS) is 13.3. The minimum absolute atomic E-state index is 0.502. The van der Waals surface area contributed by atoms with Crippen molar-refractivity contribution in [2.75, 3.05) is 13.6 Å². The van der Waals surface area contributed by atoms with Gasteiger partial charge >= 0.3 is 0 Å². The Balaban J connectivity index is 3.43. The van der Waals surface area contributed by atoms with Gasteiger partial charge in [0.25, 0.3) is 0 Å². The minimum Gasteiger partial charge on any atom is -0.384 e. The molecule has 1 unspecified atom stereocenters. The van der Waals surface area contributed by atoms with Gasteiger partial charge in [-0.25, -0.2) is 4.31 Å². The zero-order chi connectivity index (χ0) is 9.56. The largest absolute Gasteiger partial charge is 0.384 e. The van der Waals surface area contributed by atoms with Crippen molar-refractivity contribution in [1.82, 2.24) is 4.31 Å². The lowest BCUT2D eigenvalue weighted by atomic mass is 10.1. The summed E-state index contributed by atoms with van der Waals surface area (Å²) in [7, 11) is 2.02. The van der Waals surface area contributed by atoms with E-state index >= 15 is 0 Å². The topological polar surface area (TPSA) is 29.3 Å². The van der Waals surface area contributed by atoms with Crippen molar-refractivity contribution in [3.8, 4) is 0 Å². The van der Waals surface area contributed by atoms with Crippen LogP contribution in [0.4, 0.5) is 0 Å². The van der Waals surface area contributed by atoms with Gasteiger partial charge in [-0.15, -0.1) is 0 Å². The van der Waals surface area contributed by atoms with Crippen LogP contribution in [-0.2, 0) is 0 Å². The highest BCUT2D eigenvalue weighted by molar-refractivity contribution is 8.21. The molecule has 0 aliphatic rings. The number of hydrogen-bond acceptors (Lipinski definition) is 3. The van der Waals surface area contributed by atoms with Crippen molar-refractivity contribution in [3.63, 3.8) is 0 Å². The second kappa shape index (κ2) is 6.69. The Hall–Kier alpha value is 0.200. The molecule has 12 heavy (non-hydrogen) atoms. The lowest BCUT2D eigenvalue weighted by Crippen LogP contribution is -2.18. The molecule has 0 saturated carbocycles. The fourth-order valence-corrected chi connectivity index (χ4v) is 1.69. The molecule has 0 radical (unpaired) electrons. The second-order valence-electron chi connectivity index (χ2n) is 3.06. The van der Waals surface area contributed by atoms with Crippen LogP contribution in [0, 0.1) is 5.92 Å². The molecule has 0 rings (SSSR count). The van der Waals surface area contributed by atoms with Crippen molar-refractivity contribution in [2.24, 2.45) is 11.7 Å². The van der Waals surface area contributed by atoms with Gasteiger partial charge in [-0.1, -0.05) is 32.5 Å². The van der Waals surface area contributed by atoms with E-state index in [1.807, 2.05) is 7.05 Å². The molecule has 0 aliphatic heterocycles. The first-order chi connectivity index (χ1) is 5.56. The SMILES string of the molecule is CCC(C)CCN(C)SC(N)=S. The third-order valence-corrected chi connectivity index (χ3v) is 2.78. The lowest BCUT2D eigenvalue weighted by Gasteiger charge is -2.16. The maximum Gasteiger partial charge on any atom is 0.146 e. The summed E-state index contributed by atoms with van der Waals surface area (Å²) in [6, 6.07) is 0. The van der Waals surface area contributed by atoms with Gasteiger partial charge in [0.2, 0.25) is 0 Å². The van der Waals surface area contributed by atoms with E-state index in [4.69, 9.17) is 18.0 Å². The Morgan fingerprint density at radius 2 is 2.25 bits per heavy atom. The Kier molecular flexibility index (Phi) is 6.80. The molecule has 0 aromatic heterocycles. The molecule has 0 aromatic rings. The summed E-state index contributed by atoms with van der Waals surface area (Å²) >= 11 is 6.23. The molecule has 0 aliphatic carbocycles. The molecule has 4 heteroatoms. The summed E-state index contributed by atoms with van der Waals surface area (Å²) in [6.45, 7) is 5.53. The van der Waals surface area contributed by atoms with Crippen LogP contribution >= 0.6 is 24.2 Å². The summed E-state index contributed by atoms with van der Waals surface area (Å²) in [5.41, 5.74) is 5.38. The van der Waals surface area contributed by atoms with Gasteiger partial charge in [0.1, 0.15) is 4.32 Å². The molecule has 2 nitrogen and oxygen atoms in total. The first-order valence-electron chi connectivity index (χ1n) is 4.24. The Labute approximate surface area is 85.0 Å². The fraction of sp³-hybridized carbons (Fsp3) is 0.875. The number of nitrogens with two attached hydrogens (primary N) is 1. The molecular weight excluding hydrogens is 188 g/mol. The molecule has 2 N–H and O–H groups in total. The zero-order valence-electron chi connectivity index (χ0n) is 8.04. The molecule has 0 saturated heterocycles. The third-order valence-electron chi connectivity index (χ3n) is 1.88. The van der Waals surface area contributed by atoms with E-state index in [9.17, 15) is 0 Å². The predicted molar refractivity (Wildman–Crippen MR) is 61.1 cm³/mol. The molecule has 0 fully saturated rings. The van der Waals surface area contributed by atoms with Crippen LogP contribution in [0.25, 0.3) is 0 Å². The quantitative estimate of drug-likeness (QED) is 0.552. The number of hydrogen-bond donors (Lipinski definition) is 1.